The first-order valence-electron chi connectivity index (χ1n) is 9.31. The monoisotopic (exact) mass is 425 g/mol. The summed E-state index contributed by atoms with van der Waals surface area (Å²) >= 11 is 0. The van der Waals surface area contributed by atoms with E-state index in [2.05, 4.69) is 14.7 Å². The Hall–Kier alpha value is -3.81. The molecule has 0 aliphatic heterocycles. The highest BCUT2D eigenvalue weighted by molar-refractivity contribution is 5.91. The van der Waals surface area contributed by atoms with Crippen LogP contribution in [0.15, 0.2) is 60.8 Å². The maximum atomic E-state index is 12.6. The van der Waals surface area contributed by atoms with Gasteiger partial charge in [0.2, 0.25) is 5.88 Å². The van der Waals surface area contributed by atoms with E-state index < -0.39 is 6.36 Å². The molecule has 2 N–H and O–H groups in total. The molecular weight excluding hydrogens is 407 g/mol. The van der Waals surface area contributed by atoms with Crippen molar-refractivity contribution in [2.24, 2.45) is 0 Å². The van der Waals surface area contributed by atoms with E-state index in [1.54, 1.807) is 25.4 Å². The van der Waals surface area contributed by atoms with Gasteiger partial charge < -0.3 is 15.2 Å². The van der Waals surface area contributed by atoms with E-state index in [9.17, 15) is 13.2 Å². The van der Waals surface area contributed by atoms with Crippen LogP contribution in [0.4, 0.5) is 19.0 Å². The van der Waals surface area contributed by atoms with Crippen LogP contribution in [-0.2, 0) is 0 Å². The molecule has 0 aliphatic carbocycles. The number of methoxy groups -OCH3 is 1. The Bertz CT molecular complexity index is 1270. The lowest BCUT2D eigenvalue weighted by Crippen LogP contribution is -2.17. The molecule has 0 amide bonds. The van der Waals surface area contributed by atoms with Crippen molar-refractivity contribution in [1.82, 2.24) is 9.97 Å². The van der Waals surface area contributed by atoms with E-state index in [1.807, 2.05) is 31.2 Å². The predicted molar refractivity (Wildman–Crippen MR) is 113 cm³/mol. The number of hydrogen-bond donors (Lipinski definition) is 1. The molecular formula is C23H18F3N3O2. The van der Waals surface area contributed by atoms with E-state index in [-0.39, 0.29) is 11.6 Å². The Morgan fingerprint density at radius 2 is 1.74 bits per heavy atom. The SMILES string of the molecule is COc1ncc(-c2ccc3nc(N)c(-c4cccc(OC(F)(F)F)c4)cc3c2)cc1C. The zero-order valence-corrected chi connectivity index (χ0v) is 16.7. The van der Waals surface area contributed by atoms with Gasteiger partial charge in [0.1, 0.15) is 11.6 Å². The molecule has 31 heavy (non-hydrogen) atoms. The lowest BCUT2D eigenvalue weighted by Gasteiger charge is -2.12. The number of pyridine rings is 2. The second-order valence-corrected chi connectivity index (χ2v) is 6.95. The van der Waals surface area contributed by atoms with Crippen molar-refractivity contribution < 1.29 is 22.6 Å². The van der Waals surface area contributed by atoms with Crippen molar-refractivity contribution in [3.8, 4) is 33.9 Å². The number of hydrogen-bond acceptors (Lipinski definition) is 5. The summed E-state index contributed by atoms with van der Waals surface area (Å²) < 4.78 is 46.9. The summed E-state index contributed by atoms with van der Waals surface area (Å²) in [5.41, 5.74) is 10.5. The van der Waals surface area contributed by atoms with E-state index in [4.69, 9.17) is 10.5 Å². The van der Waals surface area contributed by atoms with Crippen molar-refractivity contribution in [2.75, 3.05) is 12.8 Å². The lowest BCUT2D eigenvalue weighted by atomic mass is 10.0. The quantitative estimate of drug-likeness (QED) is 0.450. The molecule has 0 atom stereocenters. The van der Waals surface area contributed by atoms with Gasteiger partial charge in [-0.15, -0.1) is 13.2 Å². The Morgan fingerprint density at radius 3 is 2.45 bits per heavy atom. The third kappa shape index (κ3) is 4.37. The van der Waals surface area contributed by atoms with Crippen molar-refractivity contribution >= 4 is 16.7 Å². The normalized spacial score (nSPS) is 11.5. The number of aromatic nitrogens is 2. The predicted octanol–water partition coefficient (Wildman–Crippen LogP) is 5.76. The molecule has 0 aliphatic rings. The average molecular weight is 425 g/mol. The van der Waals surface area contributed by atoms with Gasteiger partial charge in [-0.3, -0.25) is 0 Å². The largest absolute Gasteiger partial charge is 0.573 e. The molecule has 0 fully saturated rings. The minimum absolute atomic E-state index is 0.214. The summed E-state index contributed by atoms with van der Waals surface area (Å²) in [4.78, 5) is 8.72. The van der Waals surface area contributed by atoms with Crippen molar-refractivity contribution in [2.45, 2.75) is 13.3 Å². The number of benzene rings is 2. The summed E-state index contributed by atoms with van der Waals surface area (Å²) in [5.74, 6) is 0.451. The number of alkyl halides is 3. The zero-order chi connectivity index (χ0) is 22.2. The molecule has 0 bridgehead atoms. The molecule has 0 saturated heterocycles. The molecule has 0 spiro atoms. The van der Waals surface area contributed by atoms with Crippen LogP contribution in [-0.4, -0.2) is 23.4 Å². The van der Waals surface area contributed by atoms with Crippen molar-refractivity contribution in [1.29, 1.82) is 0 Å². The number of halogens is 3. The Labute approximate surface area is 176 Å². The molecule has 158 valence electrons. The van der Waals surface area contributed by atoms with Gasteiger partial charge in [-0.25, -0.2) is 9.97 Å². The molecule has 4 aromatic rings. The highest BCUT2D eigenvalue weighted by Crippen LogP contribution is 2.34. The number of ether oxygens (including phenoxy) is 2. The van der Waals surface area contributed by atoms with Crippen molar-refractivity contribution in [3.05, 3.63) is 66.4 Å². The van der Waals surface area contributed by atoms with Crippen LogP contribution in [0.1, 0.15) is 5.56 Å². The van der Waals surface area contributed by atoms with E-state index in [0.717, 1.165) is 22.1 Å². The first-order chi connectivity index (χ1) is 14.7. The number of aryl methyl sites for hydroxylation is 1. The summed E-state index contributed by atoms with van der Waals surface area (Å²) in [5, 5.41) is 0.789. The minimum atomic E-state index is -4.77. The fourth-order valence-corrected chi connectivity index (χ4v) is 3.40. The van der Waals surface area contributed by atoms with Gasteiger partial charge in [0.05, 0.1) is 12.6 Å². The fourth-order valence-electron chi connectivity index (χ4n) is 3.40. The zero-order valence-electron chi connectivity index (χ0n) is 16.7. The fraction of sp³-hybridized carbons (Fsp3) is 0.130. The van der Waals surface area contributed by atoms with Gasteiger partial charge in [-0.1, -0.05) is 18.2 Å². The molecule has 0 radical (unpaired) electrons. The van der Waals surface area contributed by atoms with Crippen LogP contribution in [0.3, 0.4) is 0 Å². The number of rotatable bonds is 4. The van der Waals surface area contributed by atoms with Gasteiger partial charge >= 0.3 is 6.36 Å². The number of nitrogen functional groups attached to an aromatic ring is 1. The van der Waals surface area contributed by atoms with E-state index in [0.29, 0.717) is 22.5 Å². The van der Waals surface area contributed by atoms with Crippen LogP contribution < -0.4 is 15.2 Å². The van der Waals surface area contributed by atoms with Crippen molar-refractivity contribution in [3.63, 3.8) is 0 Å². The summed E-state index contributed by atoms with van der Waals surface area (Å²) in [6, 6.07) is 15.1. The van der Waals surface area contributed by atoms with Crippen LogP contribution in [0.25, 0.3) is 33.2 Å². The maximum Gasteiger partial charge on any atom is 0.573 e. The average Bonchev–Trinajstić information content (AvgIpc) is 2.72. The summed E-state index contributed by atoms with van der Waals surface area (Å²) in [6.45, 7) is 1.91. The minimum Gasteiger partial charge on any atom is -0.481 e. The topological polar surface area (TPSA) is 70.3 Å². The maximum absolute atomic E-state index is 12.6. The molecule has 2 aromatic heterocycles. The highest BCUT2D eigenvalue weighted by Gasteiger charge is 2.31. The molecule has 5 nitrogen and oxygen atoms in total. The van der Waals surface area contributed by atoms with Crippen LogP contribution >= 0.6 is 0 Å². The van der Waals surface area contributed by atoms with E-state index >= 15 is 0 Å². The standard InChI is InChI=1S/C23H18F3N3O2/c1-13-8-17(12-28-22(13)30-2)14-6-7-20-16(9-14)11-19(21(27)29-20)15-4-3-5-18(10-15)31-23(24,25)26/h3-12H,1-2H3,(H2,27,29). The Kier molecular flexibility index (Phi) is 5.14. The third-order valence-corrected chi connectivity index (χ3v) is 4.78. The summed E-state index contributed by atoms with van der Waals surface area (Å²) in [6.07, 6.45) is -3.05. The molecule has 2 aromatic carbocycles. The second kappa shape index (κ2) is 7.79. The van der Waals surface area contributed by atoms with Gasteiger partial charge in [0, 0.05) is 28.3 Å². The number of nitrogens with zero attached hydrogens (tertiary/aromatic N) is 2. The van der Waals surface area contributed by atoms with Gasteiger partial charge in [-0.2, -0.15) is 0 Å². The van der Waals surface area contributed by atoms with Crippen LogP contribution in [0, 0.1) is 6.92 Å². The third-order valence-electron chi connectivity index (χ3n) is 4.78. The molecule has 4 rings (SSSR count). The molecule has 0 unspecified atom stereocenters. The van der Waals surface area contributed by atoms with Crippen LogP contribution in [0.5, 0.6) is 11.6 Å². The number of fused-ring (bicyclic) bond motifs is 1. The van der Waals surface area contributed by atoms with Gasteiger partial charge in [0.25, 0.3) is 0 Å². The Balaban J connectivity index is 1.77. The van der Waals surface area contributed by atoms with Gasteiger partial charge in [0.15, 0.2) is 0 Å². The smallest absolute Gasteiger partial charge is 0.481 e. The van der Waals surface area contributed by atoms with Gasteiger partial charge in [-0.05, 0) is 54.4 Å². The Morgan fingerprint density at radius 1 is 0.935 bits per heavy atom. The first kappa shape index (κ1) is 20.5. The first-order valence-corrected chi connectivity index (χ1v) is 9.31. The molecule has 8 heteroatoms. The summed E-state index contributed by atoms with van der Waals surface area (Å²) in [7, 11) is 1.57. The second-order valence-electron chi connectivity index (χ2n) is 6.95. The lowest BCUT2D eigenvalue weighted by molar-refractivity contribution is -0.274. The van der Waals surface area contributed by atoms with E-state index in [1.165, 1.54) is 18.2 Å². The molecule has 2 heterocycles. The number of anilines is 1. The highest BCUT2D eigenvalue weighted by atomic mass is 19.4. The van der Waals surface area contributed by atoms with Crippen LogP contribution in [0.2, 0.25) is 0 Å². The number of nitrogens with two attached hydrogens (primary N) is 1. The molecule has 0 saturated carbocycles.